The van der Waals surface area contributed by atoms with Crippen molar-refractivity contribution in [2.75, 3.05) is 41.4 Å². The molecule has 16 nitrogen and oxygen atoms in total. The first-order chi connectivity index (χ1) is 25.3. The van der Waals surface area contributed by atoms with Gasteiger partial charge >= 0.3 is 23.9 Å². The molecular formula is C38H67N4O12P. The predicted molar refractivity (Wildman–Crippen MR) is 208 cm³/mol. The van der Waals surface area contributed by atoms with Crippen LogP contribution in [0.3, 0.4) is 0 Å². The predicted octanol–water partition coefficient (Wildman–Crippen LogP) is 3.08. The van der Waals surface area contributed by atoms with E-state index in [9.17, 15) is 38.4 Å². The number of carbonyl (C=O) groups excluding carboxylic acids is 8. The van der Waals surface area contributed by atoms with Gasteiger partial charge in [-0.15, -0.1) is 0 Å². The SMILES string of the molecule is CC(C)CC(C(=O)OC(C)C)N(C)C(=O)COC(=O)C(PC(C)C)N(C)C(=O)[C@@H](C)OC(=O)[C@H](CC(C)C)N(C)C(=O)COC(=O)[C@H](CC(C)C)N(C)C=O. The second-order valence-electron chi connectivity index (χ2n) is 15.7. The fourth-order valence-electron chi connectivity index (χ4n) is 5.34. The van der Waals surface area contributed by atoms with Gasteiger partial charge in [-0.3, -0.25) is 19.2 Å². The van der Waals surface area contributed by atoms with E-state index in [1.165, 1.54) is 44.9 Å². The number of ether oxygens (including phenoxy) is 4. The summed E-state index contributed by atoms with van der Waals surface area (Å²) >= 11 is 0. The highest BCUT2D eigenvalue weighted by Crippen LogP contribution is 2.29. The molecule has 0 saturated carbocycles. The van der Waals surface area contributed by atoms with Crippen molar-refractivity contribution in [2.24, 2.45) is 17.8 Å². The third-order valence-electron chi connectivity index (χ3n) is 8.40. The summed E-state index contributed by atoms with van der Waals surface area (Å²) in [7, 11) is 5.46. The highest BCUT2D eigenvalue weighted by Gasteiger charge is 2.37. The van der Waals surface area contributed by atoms with Crippen molar-refractivity contribution in [3.05, 3.63) is 0 Å². The van der Waals surface area contributed by atoms with E-state index in [2.05, 4.69) is 0 Å². The standard InChI is InChI=1S/C38H67N4O12P/c1-22(2)16-28(39(12)21-43)35(47)51-19-31(44)41(14)30(18-24(5)6)37(49)54-27(11)33(46)42(15)34(55-26(9)10)38(50)52-20-32(45)40(13)29(17-23(3)4)36(48)53-25(7)8/h21-30,34,55H,16-20H2,1-15H3/t27-,28+,29?,30+,34?/m1/s1. The number of rotatable bonds is 24. The second kappa shape index (κ2) is 24.7. The summed E-state index contributed by atoms with van der Waals surface area (Å²) in [5, 5.41) is 0. The van der Waals surface area contributed by atoms with E-state index < -0.39 is 84.8 Å². The van der Waals surface area contributed by atoms with Crippen LogP contribution in [0.2, 0.25) is 0 Å². The van der Waals surface area contributed by atoms with E-state index in [-0.39, 0.29) is 44.5 Å². The first-order valence-corrected chi connectivity index (χ1v) is 20.0. The molecule has 17 heteroatoms. The number of amides is 4. The van der Waals surface area contributed by atoms with Crippen molar-refractivity contribution in [3.8, 4) is 0 Å². The lowest BCUT2D eigenvalue weighted by Crippen LogP contribution is -2.50. The lowest BCUT2D eigenvalue weighted by atomic mass is 10.0. The summed E-state index contributed by atoms with van der Waals surface area (Å²) in [6, 6.07) is -2.92. The highest BCUT2D eigenvalue weighted by molar-refractivity contribution is 7.41. The number of hydrogen-bond acceptors (Lipinski definition) is 12. The van der Waals surface area contributed by atoms with Crippen molar-refractivity contribution in [3.63, 3.8) is 0 Å². The van der Waals surface area contributed by atoms with Gasteiger partial charge in [0, 0.05) is 28.2 Å². The van der Waals surface area contributed by atoms with Gasteiger partial charge in [-0.2, -0.15) is 0 Å². The van der Waals surface area contributed by atoms with Gasteiger partial charge in [0.1, 0.15) is 23.9 Å². The monoisotopic (exact) mass is 802 g/mol. The van der Waals surface area contributed by atoms with Gasteiger partial charge in [-0.05, 0) is 63.4 Å². The number of nitrogens with zero attached hydrogens (tertiary/aromatic N) is 4. The molecule has 0 fully saturated rings. The molecule has 6 atom stereocenters. The minimum Gasteiger partial charge on any atom is -0.461 e. The Morgan fingerprint density at radius 3 is 1.33 bits per heavy atom. The summed E-state index contributed by atoms with van der Waals surface area (Å²) in [5.41, 5.74) is -0.0612. The summed E-state index contributed by atoms with van der Waals surface area (Å²) in [6.45, 7) is 18.3. The smallest absolute Gasteiger partial charge is 0.333 e. The van der Waals surface area contributed by atoms with Crippen LogP contribution < -0.4 is 0 Å². The molecule has 0 aliphatic rings. The van der Waals surface area contributed by atoms with Crippen LogP contribution in [0.1, 0.15) is 95.4 Å². The molecule has 55 heavy (non-hydrogen) atoms. The van der Waals surface area contributed by atoms with Crippen molar-refractivity contribution >= 4 is 56.6 Å². The van der Waals surface area contributed by atoms with Gasteiger partial charge in [0.15, 0.2) is 19.3 Å². The molecule has 3 unspecified atom stereocenters. The fourth-order valence-corrected chi connectivity index (χ4v) is 6.54. The molecule has 0 N–H and O–H groups in total. The maximum Gasteiger partial charge on any atom is 0.333 e. The number of carbonyl (C=O) groups is 8. The second-order valence-corrected chi connectivity index (χ2v) is 17.7. The average molecular weight is 803 g/mol. The Hall–Kier alpha value is -3.81. The van der Waals surface area contributed by atoms with E-state index in [0.717, 1.165) is 9.80 Å². The summed E-state index contributed by atoms with van der Waals surface area (Å²) in [6.07, 6.45) is -0.445. The Morgan fingerprint density at radius 1 is 0.545 bits per heavy atom. The summed E-state index contributed by atoms with van der Waals surface area (Å²) in [4.78, 5) is 108. The van der Waals surface area contributed by atoms with Crippen LogP contribution in [-0.4, -0.2) is 151 Å². The van der Waals surface area contributed by atoms with Crippen LogP contribution >= 0.6 is 8.58 Å². The lowest BCUT2D eigenvalue weighted by Gasteiger charge is -2.32. The molecule has 0 spiro atoms. The number of esters is 4. The maximum atomic E-state index is 13.6. The van der Waals surface area contributed by atoms with E-state index >= 15 is 0 Å². The molecule has 0 aliphatic carbocycles. The number of hydrogen-bond donors (Lipinski definition) is 0. The van der Waals surface area contributed by atoms with Crippen molar-refractivity contribution in [1.82, 2.24) is 19.6 Å². The molecule has 0 bridgehead atoms. The molecule has 0 aromatic rings. The molecule has 0 aromatic carbocycles. The molecule has 0 rings (SSSR count). The Bertz CT molecular complexity index is 1310. The Balaban J connectivity index is 5.85. The summed E-state index contributed by atoms with van der Waals surface area (Å²) in [5.74, 6) is -6.18. The van der Waals surface area contributed by atoms with Gasteiger partial charge < -0.3 is 38.5 Å². The number of likely N-dealkylation sites (N-methyl/N-ethyl adjacent to an activating group) is 4. The molecule has 0 aliphatic heterocycles. The van der Waals surface area contributed by atoms with Crippen LogP contribution in [0.15, 0.2) is 0 Å². The Labute approximate surface area is 329 Å². The fraction of sp³-hybridized carbons (Fsp3) is 0.789. The van der Waals surface area contributed by atoms with Crippen LogP contribution in [-0.2, 0) is 57.3 Å². The molecule has 0 radical (unpaired) electrons. The first kappa shape index (κ1) is 51.2. The minimum atomic E-state index is -1.38. The highest BCUT2D eigenvalue weighted by atomic mass is 31.1. The van der Waals surface area contributed by atoms with Gasteiger partial charge in [0.05, 0.1) is 6.10 Å². The van der Waals surface area contributed by atoms with Crippen LogP contribution in [0.4, 0.5) is 0 Å². The Kier molecular flexibility index (Phi) is 22.9. The zero-order chi connectivity index (χ0) is 42.9. The molecule has 0 saturated heterocycles. The van der Waals surface area contributed by atoms with E-state index in [4.69, 9.17) is 18.9 Å². The quantitative estimate of drug-likeness (QED) is 0.0602. The topological polar surface area (TPSA) is 186 Å². The van der Waals surface area contributed by atoms with Crippen LogP contribution in [0.25, 0.3) is 0 Å². The van der Waals surface area contributed by atoms with Crippen molar-refractivity contribution < 1.29 is 57.3 Å². The minimum absolute atomic E-state index is 0.0611. The molecular weight excluding hydrogens is 735 g/mol. The molecule has 0 heterocycles. The van der Waals surface area contributed by atoms with E-state index in [0.29, 0.717) is 19.3 Å². The van der Waals surface area contributed by atoms with E-state index in [1.54, 1.807) is 13.8 Å². The third-order valence-corrected chi connectivity index (χ3v) is 10.0. The summed E-state index contributed by atoms with van der Waals surface area (Å²) < 4.78 is 21.5. The van der Waals surface area contributed by atoms with Crippen LogP contribution in [0.5, 0.6) is 0 Å². The zero-order valence-electron chi connectivity index (χ0n) is 35.6. The first-order valence-electron chi connectivity index (χ1n) is 18.8. The Morgan fingerprint density at radius 2 is 0.945 bits per heavy atom. The average Bonchev–Trinajstić information content (AvgIpc) is 3.09. The van der Waals surface area contributed by atoms with Gasteiger partial charge in [0.25, 0.3) is 17.7 Å². The normalized spacial score (nSPS) is 14.3. The lowest BCUT2D eigenvalue weighted by molar-refractivity contribution is -0.168. The zero-order valence-corrected chi connectivity index (χ0v) is 36.6. The molecule has 316 valence electrons. The van der Waals surface area contributed by atoms with Crippen molar-refractivity contribution in [2.45, 2.75) is 137 Å². The third kappa shape index (κ3) is 18.1. The van der Waals surface area contributed by atoms with Gasteiger partial charge in [-0.25, -0.2) is 19.2 Å². The van der Waals surface area contributed by atoms with Gasteiger partial charge in [-0.1, -0.05) is 64.0 Å². The molecule has 0 aromatic heterocycles. The molecule has 4 amide bonds. The van der Waals surface area contributed by atoms with Crippen molar-refractivity contribution in [1.29, 1.82) is 0 Å². The van der Waals surface area contributed by atoms with Gasteiger partial charge in [0.2, 0.25) is 6.41 Å². The van der Waals surface area contributed by atoms with E-state index in [1.807, 2.05) is 55.4 Å². The maximum absolute atomic E-state index is 13.6. The van der Waals surface area contributed by atoms with Crippen LogP contribution in [0, 0.1) is 17.8 Å². The largest absolute Gasteiger partial charge is 0.461 e.